The summed E-state index contributed by atoms with van der Waals surface area (Å²) in [5.41, 5.74) is 12.0. The lowest BCUT2D eigenvalue weighted by Gasteiger charge is -2.11. The van der Waals surface area contributed by atoms with Crippen LogP contribution in [0.4, 0.5) is 5.82 Å². The number of methoxy groups -OCH3 is 2. The quantitative estimate of drug-likeness (QED) is 0.383. The van der Waals surface area contributed by atoms with Crippen molar-refractivity contribution in [1.82, 2.24) is 19.9 Å². The fourth-order valence-corrected chi connectivity index (χ4v) is 4.18. The molecule has 2 aromatic heterocycles. The number of ether oxygens (including phenoxy) is 2. The van der Waals surface area contributed by atoms with Crippen LogP contribution in [0.25, 0.3) is 27.9 Å². The molecule has 0 aliphatic rings. The molecule has 176 valence electrons. The fraction of sp³-hybridized carbons (Fsp3) is 0.148. The minimum atomic E-state index is -0.335. The molecule has 3 aromatic carbocycles. The number of nitrogens with one attached hydrogen (secondary N) is 1. The SMILES string of the molecule is COc1ccc(CNC(=O)c2c(N)n(-c3cccc(C)c3)c3nc4ccccc4nc23)cc1OC. The van der Waals surface area contributed by atoms with Crippen molar-refractivity contribution in [1.29, 1.82) is 0 Å². The molecule has 0 saturated carbocycles. The third kappa shape index (κ3) is 3.99. The predicted molar refractivity (Wildman–Crippen MR) is 136 cm³/mol. The molecule has 35 heavy (non-hydrogen) atoms. The van der Waals surface area contributed by atoms with Crippen molar-refractivity contribution in [3.8, 4) is 17.2 Å². The number of hydrogen-bond donors (Lipinski definition) is 2. The van der Waals surface area contributed by atoms with Crippen molar-refractivity contribution in [2.75, 3.05) is 20.0 Å². The zero-order valence-corrected chi connectivity index (χ0v) is 19.7. The number of carbonyl (C=O) groups excluding carboxylic acids is 1. The molecule has 5 rings (SSSR count). The zero-order valence-electron chi connectivity index (χ0n) is 19.7. The minimum absolute atomic E-state index is 0.275. The van der Waals surface area contributed by atoms with Crippen LogP contribution in [0.1, 0.15) is 21.5 Å². The zero-order chi connectivity index (χ0) is 24.5. The summed E-state index contributed by atoms with van der Waals surface area (Å²) in [4.78, 5) is 23.0. The highest BCUT2D eigenvalue weighted by Crippen LogP contribution is 2.32. The summed E-state index contributed by atoms with van der Waals surface area (Å²) in [5.74, 6) is 1.16. The van der Waals surface area contributed by atoms with Gasteiger partial charge in [-0.2, -0.15) is 0 Å². The lowest BCUT2D eigenvalue weighted by Crippen LogP contribution is -2.24. The Labute approximate surface area is 202 Å². The van der Waals surface area contributed by atoms with Gasteiger partial charge < -0.3 is 20.5 Å². The molecule has 2 heterocycles. The van der Waals surface area contributed by atoms with Crippen molar-refractivity contribution >= 4 is 33.9 Å². The highest BCUT2D eigenvalue weighted by atomic mass is 16.5. The maximum atomic E-state index is 13.4. The normalized spacial score (nSPS) is 11.1. The van der Waals surface area contributed by atoms with E-state index in [1.807, 2.05) is 67.6 Å². The lowest BCUT2D eigenvalue weighted by molar-refractivity contribution is 0.0953. The molecule has 0 saturated heterocycles. The number of amides is 1. The first kappa shape index (κ1) is 22.2. The van der Waals surface area contributed by atoms with Gasteiger partial charge in [0.2, 0.25) is 0 Å². The Balaban J connectivity index is 1.59. The summed E-state index contributed by atoms with van der Waals surface area (Å²) in [5, 5.41) is 2.96. The Morgan fingerprint density at radius 2 is 1.69 bits per heavy atom. The number of hydrogen-bond acceptors (Lipinski definition) is 6. The Kier molecular flexibility index (Phi) is 5.70. The van der Waals surface area contributed by atoms with Gasteiger partial charge in [0.15, 0.2) is 17.1 Å². The van der Waals surface area contributed by atoms with E-state index in [-0.39, 0.29) is 18.3 Å². The van der Waals surface area contributed by atoms with Gasteiger partial charge in [0.1, 0.15) is 16.9 Å². The van der Waals surface area contributed by atoms with Gasteiger partial charge in [0.25, 0.3) is 5.91 Å². The summed E-state index contributed by atoms with van der Waals surface area (Å²) in [6.45, 7) is 2.28. The van der Waals surface area contributed by atoms with Crippen LogP contribution in [0.15, 0.2) is 66.7 Å². The van der Waals surface area contributed by atoms with Crippen LogP contribution in [0.2, 0.25) is 0 Å². The summed E-state index contributed by atoms with van der Waals surface area (Å²) in [7, 11) is 3.15. The van der Waals surface area contributed by atoms with Crippen LogP contribution >= 0.6 is 0 Å². The summed E-state index contributed by atoms with van der Waals surface area (Å²) in [6.07, 6.45) is 0. The molecule has 8 nitrogen and oxygen atoms in total. The largest absolute Gasteiger partial charge is 0.493 e. The second-order valence-electron chi connectivity index (χ2n) is 8.19. The van der Waals surface area contributed by atoms with Gasteiger partial charge in [-0.05, 0) is 54.4 Å². The second kappa shape index (κ2) is 8.98. The molecule has 1 amide bonds. The maximum absolute atomic E-state index is 13.4. The Morgan fingerprint density at radius 3 is 2.40 bits per heavy atom. The van der Waals surface area contributed by atoms with E-state index in [4.69, 9.17) is 25.2 Å². The monoisotopic (exact) mass is 467 g/mol. The van der Waals surface area contributed by atoms with E-state index < -0.39 is 0 Å². The van der Waals surface area contributed by atoms with Crippen LogP contribution in [-0.4, -0.2) is 34.7 Å². The van der Waals surface area contributed by atoms with E-state index in [0.717, 1.165) is 22.3 Å². The number of benzene rings is 3. The molecule has 0 bridgehead atoms. The maximum Gasteiger partial charge on any atom is 0.257 e. The lowest BCUT2D eigenvalue weighted by atomic mass is 10.2. The number of nitrogens with two attached hydrogens (primary N) is 1. The molecule has 0 unspecified atom stereocenters. The standard InChI is InChI=1S/C27H25N5O3/c1-16-7-6-8-18(13-16)32-25(28)23(24-26(32)31-20-10-5-4-9-19(20)30-24)27(33)29-15-17-11-12-21(34-2)22(14-17)35-3/h4-14H,15,28H2,1-3H3,(H,29,33). The van der Waals surface area contributed by atoms with E-state index in [2.05, 4.69) is 5.32 Å². The molecular formula is C27H25N5O3. The fourth-order valence-electron chi connectivity index (χ4n) is 4.18. The minimum Gasteiger partial charge on any atom is -0.493 e. The first-order chi connectivity index (χ1) is 17.0. The molecule has 0 fully saturated rings. The summed E-state index contributed by atoms with van der Waals surface area (Å²) < 4.78 is 12.4. The Bertz CT molecular complexity index is 1570. The van der Waals surface area contributed by atoms with Crippen molar-refractivity contribution in [3.05, 3.63) is 83.4 Å². The molecule has 0 radical (unpaired) electrons. The van der Waals surface area contributed by atoms with Crippen LogP contribution in [0, 0.1) is 6.92 Å². The number of para-hydroxylation sites is 2. The van der Waals surface area contributed by atoms with Crippen LogP contribution in [0.5, 0.6) is 11.5 Å². The number of fused-ring (bicyclic) bond motifs is 2. The third-order valence-electron chi connectivity index (χ3n) is 5.89. The van der Waals surface area contributed by atoms with Crippen molar-refractivity contribution in [2.24, 2.45) is 0 Å². The predicted octanol–water partition coefficient (Wildman–Crippen LogP) is 4.41. The van der Waals surface area contributed by atoms with E-state index in [9.17, 15) is 4.79 Å². The van der Waals surface area contributed by atoms with E-state index >= 15 is 0 Å². The molecule has 0 spiro atoms. The van der Waals surface area contributed by atoms with Crippen LogP contribution in [0.3, 0.4) is 0 Å². The van der Waals surface area contributed by atoms with Crippen LogP contribution in [-0.2, 0) is 6.54 Å². The number of rotatable bonds is 6. The third-order valence-corrected chi connectivity index (χ3v) is 5.89. The highest BCUT2D eigenvalue weighted by molar-refractivity contribution is 6.11. The average molecular weight is 468 g/mol. The molecule has 8 heteroatoms. The van der Waals surface area contributed by atoms with Gasteiger partial charge in [-0.15, -0.1) is 0 Å². The number of carbonyl (C=O) groups is 1. The first-order valence-corrected chi connectivity index (χ1v) is 11.1. The summed E-state index contributed by atoms with van der Waals surface area (Å²) >= 11 is 0. The molecule has 0 aliphatic carbocycles. The summed E-state index contributed by atoms with van der Waals surface area (Å²) in [6, 6.07) is 20.9. The van der Waals surface area contributed by atoms with Crippen molar-refractivity contribution in [3.63, 3.8) is 0 Å². The molecular weight excluding hydrogens is 442 g/mol. The number of nitrogens with zero attached hydrogens (tertiary/aromatic N) is 3. The number of aromatic nitrogens is 3. The molecule has 0 atom stereocenters. The molecule has 3 N–H and O–H groups in total. The average Bonchev–Trinajstić information content (AvgIpc) is 3.16. The van der Waals surface area contributed by atoms with Crippen LogP contribution < -0.4 is 20.5 Å². The van der Waals surface area contributed by atoms with Gasteiger partial charge in [-0.25, -0.2) is 9.97 Å². The van der Waals surface area contributed by atoms with Gasteiger partial charge in [-0.3, -0.25) is 9.36 Å². The first-order valence-electron chi connectivity index (χ1n) is 11.1. The van der Waals surface area contributed by atoms with E-state index in [1.54, 1.807) is 24.9 Å². The smallest absolute Gasteiger partial charge is 0.257 e. The van der Waals surface area contributed by atoms with Crippen molar-refractivity contribution in [2.45, 2.75) is 13.5 Å². The van der Waals surface area contributed by atoms with E-state index in [1.165, 1.54) is 0 Å². The van der Waals surface area contributed by atoms with Gasteiger partial charge in [0, 0.05) is 12.2 Å². The number of aryl methyl sites for hydroxylation is 1. The van der Waals surface area contributed by atoms with Crippen molar-refractivity contribution < 1.29 is 14.3 Å². The second-order valence-corrected chi connectivity index (χ2v) is 8.19. The van der Waals surface area contributed by atoms with Gasteiger partial charge >= 0.3 is 0 Å². The Morgan fingerprint density at radius 1 is 0.943 bits per heavy atom. The number of anilines is 1. The van der Waals surface area contributed by atoms with Gasteiger partial charge in [0.05, 0.1) is 25.3 Å². The molecule has 5 aromatic rings. The number of nitrogen functional groups attached to an aromatic ring is 1. The van der Waals surface area contributed by atoms with Gasteiger partial charge in [-0.1, -0.05) is 30.3 Å². The van der Waals surface area contributed by atoms with E-state index in [0.29, 0.717) is 33.7 Å². The highest BCUT2D eigenvalue weighted by Gasteiger charge is 2.25. The Hall–Kier alpha value is -4.59. The molecule has 0 aliphatic heterocycles. The topological polar surface area (TPSA) is 104 Å².